The molecule has 0 spiro atoms. The van der Waals surface area contributed by atoms with Crippen LogP contribution >= 0.6 is 12.4 Å². The Hall–Kier alpha value is -0.910. The molecule has 2 heterocycles. The molecule has 0 aromatic carbocycles. The summed E-state index contributed by atoms with van der Waals surface area (Å²) < 4.78 is 16.9. The minimum Gasteiger partial charge on any atom is -0.501 e. The van der Waals surface area contributed by atoms with Gasteiger partial charge in [0, 0.05) is 38.7 Å². The fourth-order valence-electron chi connectivity index (χ4n) is 2.74. The van der Waals surface area contributed by atoms with Gasteiger partial charge in [-0.25, -0.2) is 0 Å². The number of rotatable bonds is 2. The molecule has 3 rings (SSSR count). The molecule has 0 aromatic rings. The Labute approximate surface area is 120 Å². The summed E-state index contributed by atoms with van der Waals surface area (Å²) in [5.74, 6) is 2.82. The van der Waals surface area contributed by atoms with E-state index in [-0.39, 0.29) is 18.4 Å². The highest BCUT2D eigenvalue weighted by molar-refractivity contribution is 5.85. The van der Waals surface area contributed by atoms with Crippen molar-refractivity contribution in [2.75, 3.05) is 46.5 Å². The molecule has 1 saturated heterocycles. The first-order chi connectivity index (χ1) is 8.88. The first-order valence-electron chi connectivity index (χ1n) is 6.57. The third-order valence-electron chi connectivity index (χ3n) is 3.69. The number of halogens is 1. The molecule has 2 aliphatic heterocycles. The Morgan fingerprint density at radius 3 is 2.74 bits per heavy atom. The van der Waals surface area contributed by atoms with Crippen molar-refractivity contribution in [1.29, 1.82) is 0 Å². The summed E-state index contributed by atoms with van der Waals surface area (Å²) in [7, 11) is 1.72. The standard InChI is InChI=1S/C13H20N2O3.ClH/c1-16-10-8-11(15-4-2-14-3-5-15)13-12(9-10)17-6-7-18-13;/h9,11,14H,2-8H2,1H3;1H. The highest BCUT2D eigenvalue weighted by Gasteiger charge is 2.34. The first-order valence-corrected chi connectivity index (χ1v) is 6.57. The number of nitrogens with zero attached hydrogens (tertiary/aromatic N) is 1. The van der Waals surface area contributed by atoms with Gasteiger partial charge in [-0.1, -0.05) is 0 Å². The first kappa shape index (κ1) is 14.5. The third-order valence-corrected chi connectivity index (χ3v) is 3.69. The second-order valence-corrected chi connectivity index (χ2v) is 4.75. The summed E-state index contributed by atoms with van der Waals surface area (Å²) in [5.41, 5.74) is 0. The van der Waals surface area contributed by atoms with E-state index in [0.717, 1.165) is 49.9 Å². The Bertz CT molecular complexity index is 378. The zero-order valence-corrected chi connectivity index (χ0v) is 12.0. The highest BCUT2D eigenvalue weighted by Crippen LogP contribution is 2.32. The second kappa shape index (κ2) is 6.50. The number of allylic oxidation sites excluding steroid dienone is 1. The molecule has 1 aliphatic carbocycles. The quantitative estimate of drug-likeness (QED) is 0.817. The Balaban J connectivity index is 0.00000133. The van der Waals surface area contributed by atoms with Crippen LogP contribution in [0.25, 0.3) is 0 Å². The lowest BCUT2D eigenvalue weighted by Gasteiger charge is -2.39. The third kappa shape index (κ3) is 2.99. The van der Waals surface area contributed by atoms with Crippen LogP contribution in [0.2, 0.25) is 0 Å². The molecule has 0 bridgehead atoms. The summed E-state index contributed by atoms with van der Waals surface area (Å²) in [5, 5.41) is 3.38. The lowest BCUT2D eigenvalue weighted by atomic mass is 10.0. The average Bonchev–Trinajstić information content (AvgIpc) is 2.47. The van der Waals surface area contributed by atoms with E-state index in [4.69, 9.17) is 14.2 Å². The SMILES string of the molecule is COC1=CC2=C(OCCO2)C(N2CCNCC2)C1.Cl. The molecule has 0 radical (unpaired) electrons. The maximum absolute atomic E-state index is 5.83. The van der Waals surface area contributed by atoms with E-state index in [1.807, 2.05) is 6.08 Å². The molecule has 0 saturated carbocycles. The van der Waals surface area contributed by atoms with Gasteiger partial charge in [0.05, 0.1) is 13.2 Å². The van der Waals surface area contributed by atoms with Gasteiger partial charge in [-0.05, 0) is 0 Å². The van der Waals surface area contributed by atoms with Gasteiger partial charge in [-0.15, -0.1) is 12.4 Å². The lowest BCUT2D eigenvalue weighted by molar-refractivity contribution is 0.0247. The molecule has 0 aromatic heterocycles. The van der Waals surface area contributed by atoms with E-state index in [2.05, 4.69) is 10.2 Å². The van der Waals surface area contributed by atoms with E-state index in [0.29, 0.717) is 13.2 Å². The summed E-state index contributed by atoms with van der Waals surface area (Å²) in [6.07, 6.45) is 2.84. The number of ether oxygens (including phenoxy) is 3. The van der Waals surface area contributed by atoms with Crippen molar-refractivity contribution in [1.82, 2.24) is 10.2 Å². The minimum absolute atomic E-state index is 0. The van der Waals surface area contributed by atoms with Gasteiger partial charge in [0.15, 0.2) is 11.5 Å². The summed E-state index contributed by atoms with van der Waals surface area (Å²) >= 11 is 0. The smallest absolute Gasteiger partial charge is 0.162 e. The molecule has 6 heteroatoms. The highest BCUT2D eigenvalue weighted by atomic mass is 35.5. The maximum atomic E-state index is 5.83. The molecule has 1 fully saturated rings. The number of piperazine rings is 1. The molecule has 1 atom stereocenters. The molecule has 1 unspecified atom stereocenters. The van der Waals surface area contributed by atoms with Crippen LogP contribution in [0.1, 0.15) is 6.42 Å². The average molecular weight is 289 g/mol. The van der Waals surface area contributed by atoms with Gasteiger partial charge < -0.3 is 19.5 Å². The molecule has 1 N–H and O–H groups in total. The predicted molar refractivity (Wildman–Crippen MR) is 74.1 cm³/mol. The number of nitrogens with one attached hydrogen (secondary N) is 1. The topological polar surface area (TPSA) is 43.0 Å². The molecular weight excluding hydrogens is 268 g/mol. The van der Waals surface area contributed by atoms with Gasteiger partial charge >= 0.3 is 0 Å². The minimum atomic E-state index is 0. The van der Waals surface area contributed by atoms with Crippen molar-refractivity contribution >= 4 is 12.4 Å². The normalized spacial score (nSPS) is 27.4. The van der Waals surface area contributed by atoms with E-state index in [9.17, 15) is 0 Å². The molecule has 5 nitrogen and oxygen atoms in total. The lowest BCUT2D eigenvalue weighted by Crippen LogP contribution is -2.50. The Kier molecular flexibility index (Phi) is 4.96. The van der Waals surface area contributed by atoms with Crippen LogP contribution in [0.4, 0.5) is 0 Å². The van der Waals surface area contributed by atoms with Gasteiger partial charge in [0.25, 0.3) is 0 Å². The van der Waals surface area contributed by atoms with Crippen LogP contribution in [0, 0.1) is 0 Å². The van der Waals surface area contributed by atoms with Crippen LogP contribution in [0.5, 0.6) is 0 Å². The molecule has 19 heavy (non-hydrogen) atoms. The van der Waals surface area contributed by atoms with Crippen molar-refractivity contribution < 1.29 is 14.2 Å². The number of methoxy groups -OCH3 is 1. The van der Waals surface area contributed by atoms with Crippen molar-refractivity contribution in [3.63, 3.8) is 0 Å². The van der Waals surface area contributed by atoms with Crippen molar-refractivity contribution in [2.45, 2.75) is 12.5 Å². The van der Waals surface area contributed by atoms with Gasteiger partial charge in [-0.3, -0.25) is 4.90 Å². The van der Waals surface area contributed by atoms with E-state index in [1.54, 1.807) is 7.11 Å². The van der Waals surface area contributed by atoms with Crippen molar-refractivity contribution in [3.8, 4) is 0 Å². The Morgan fingerprint density at radius 2 is 2.00 bits per heavy atom. The summed E-state index contributed by atoms with van der Waals surface area (Å²) in [4.78, 5) is 2.45. The van der Waals surface area contributed by atoms with Gasteiger partial charge in [0.2, 0.25) is 0 Å². The fourth-order valence-corrected chi connectivity index (χ4v) is 2.74. The predicted octanol–water partition coefficient (Wildman–Crippen LogP) is 0.874. The van der Waals surface area contributed by atoms with E-state index in [1.165, 1.54) is 0 Å². The molecule has 3 aliphatic rings. The van der Waals surface area contributed by atoms with Crippen molar-refractivity contribution in [2.24, 2.45) is 0 Å². The van der Waals surface area contributed by atoms with Crippen LogP contribution in [0.3, 0.4) is 0 Å². The molecule has 108 valence electrons. The van der Waals surface area contributed by atoms with Gasteiger partial charge in [-0.2, -0.15) is 0 Å². The molecule has 0 amide bonds. The monoisotopic (exact) mass is 288 g/mol. The van der Waals surface area contributed by atoms with Crippen LogP contribution in [-0.2, 0) is 14.2 Å². The van der Waals surface area contributed by atoms with Crippen LogP contribution in [-0.4, -0.2) is 57.4 Å². The van der Waals surface area contributed by atoms with E-state index >= 15 is 0 Å². The number of hydrogen-bond acceptors (Lipinski definition) is 5. The maximum Gasteiger partial charge on any atom is 0.162 e. The molecular formula is C13H21ClN2O3. The van der Waals surface area contributed by atoms with E-state index < -0.39 is 0 Å². The number of hydrogen-bond donors (Lipinski definition) is 1. The Morgan fingerprint density at radius 1 is 1.26 bits per heavy atom. The largest absolute Gasteiger partial charge is 0.501 e. The van der Waals surface area contributed by atoms with Gasteiger partial charge in [0.1, 0.15) is 19.0 Å². The van der Waals surface area contributed by atoms with Crippen LogP contribution in [0.15, 0.2) is 23.4 Å². The second-order valence-electron chi connectivity index (χ2n) is 4.75. The van der Waals surface area contributed by atoms with Crippen LogP contribution < -0.4 is 5.32 Å². The zero-order chi connectivity index (χ0) is 12.4. The summed E-state index contributed by atoms with van der Waals surface area (Å²) in [6, 6.07) is 0.266. The fraction of sp³-hybridized carbons (Fsp3) is 0.692. The summed E-state index contributed by atoms with van der Waals surface area (Å²) in [6.45, 7) is 5.43. The van der Waals surface area contributed by atoms with Crippen molar-refractivity contribution in [3.05, 3.63) is 23.4 Å². The zero-order valence-electron chi connectivity index (χ0n) is 11.2.